The van der Waals surface area contributed by atoms with Crippen LogP contribution in [0.15, 0.2) is 34.7 Å². The Balaban J connectivity index is 1.68. The monoisotopic (exact) mass is 299 g/mol. The largest absolute Gasteiger partial charge is 0.419 e. The third-order valence-corrected chi connectivity index (χ3v) is 5.00. The van der Waals surface area contributed by atoms with Crippen LogP contribution in [0.5, 0.6) is 0 Å². The van der Waals surface area contributed by atoms with E-state index in [4.69, 9.17) is 4.42 Å². The summed E-state index contributed by atoms with van der Waals surface area (Å²) in [7, 11) is 0. The number of benzene rings is 1. The first-order valence-electron chi connectivity index (χ1n) is 8.30. The SMILES string of the molecule is CC(NC1CCCC(C)C1C)c1nnc(-c2ccccc2)o1. The predicted octanol–water partition coefficient (Wildman–Crippen LogP) is 4.21. The number of rotatable bonds is 4. The van der Waals surface area contributed by atoms with Crippen molar-refractivity contribution >= 4 is 0 Å². The van der Waals surface area contributed by atoms with E-state index >= 15 is 0 Å². The Morgan fingerprint density at radius 2 is 1.91 bits per heavy atom. The first-order valence-corrected chi connectivity index (χ1v) is 8.30. The molecule has 0 bridgehead atoms. The molecule has 1 aromatic heterocycles. The summed E-state index contributed by atoms with van der Waals surface area (Å²) >= 11 is 0. The Morgan fingerprint density at radius 1 is 1.14 bits per heavy atom. The molecule has 1 aliphatic rings. The summed E-state index contributed by atoms with van der Waals surface area (Å²) in [6, 6.07) is 10.5. The second kappa shape index (κ2) is 6.61. The third-order valence-electron chi connectivity index (χ3n) is 5.00. The first kappa shape index (κ1) is 15.2. The first-order chi connectivity index (χ1) is 10.6. The Morgan fingerprint density at radius 3 is 2.68 bits per heavy atom. The van der Waals surface area contributed by atoms with E-state index < -0.39 is 0 Å². The van der Waals surface area contributed by atoms with Gasteiger partial charge in [-0.2, -0.15) is 0 Å². The minimum absolute atomic E-state index is 0.0858. The summed E-state index contributed by atoms with van der Waals surface area (Å²) in [4.78, 5) is 0. The molecule has 4 heteroatoms. The summed E-state index contributed by atoms with van der Waals surface area (Å²) in [6.45, 7) is 6.80. The summed E-state index contributed by atoms with van der Waals surface area (Å²) < 4.78 is 5.85. The molecule has 0 aliphatic heterocycles. The molecule has 1 heterocycles. The highest BCUT2D eigenvalue weighted by atomic mass is 16.4. The quantitative estimate of drug-likeness (QED) is 0.918. The van der Waals surface area contributed by atoms with Crippen LogP contribution in [0.1, 0.15) is 52.0 Å². The Kier molecular flexibility index (Phi) is 4.57. The average molecular weight is 299 g/mol. The van der Waals surface area contributed by atoms with Gasteiger partial charge in [0.25, 0.3) is 0 Å². The predicted molar refractivity (Wildman–Crippen MR) is 87.3 cm³/mol. The van der Waals surface area contributed by atoms with Gasteiger partial charge in [-0.05, 0) is 37.3 Å². The fourth-order valence-electron chi connectivity index (χ4n) is 3.32. The van der Waals surface area contributed by atoms with Gasteiger partial charge in [-0.15, -0.1) is 10.2 Å². The molecular weight excluding hydrogens is 274 g/mol. The lowest BCUT2D eigenvalue weighted by molar-refractivity contribution is 0.190. The van der Waals surface area contributed by atoms with E-state index in [1.807, 2.05) is 30.3 Å². The van der Waals surface area contributed by atoms with Gasteiger partial charge in [0.15, 0.2) is 0 Å². The van der Waals surface area contributed by atoms with Gasteiger partial charge in [-0.3, -0.25) is 0 Å². The zero-order valence-electron chi connectivity index (χ0n) is 13.6. The zero-order valence-corrected chi connectivity index (χ0v) is 13.6. The molecule has 0 spiro atoms. The molecule has 1 fully saturated rings. The van der Waals surface area contributed by atoms with Crippen molar-refractivity contribution in [1.82, 2.24) is 15.5 Å². The lowest BCUT2D eigenvalue weighted by atomic mass is 9.78. The van der Waals surface area contributed by atoms with Crippen molar-refractivity contribution in [1.29, 1.82) is 0 Å². The molecule has 118 valence electrons. The third kappa shape index (κ3) is 3.22. The Hall–Kier alpha value is -1.68. The molecule has 1 saturated carbocycles. The number of nitrogens with zero attached hydrogens (tertiary/aromatic N) is 2. The minimum Gasteiger partial charge on any atom is -0.419 e. The van der Waals surface area contributed by atoms with Crippen molar-refractivity contribution in [2.24, 2.45) is 11.8 Å². The van der Waals surface area contributed by atoms with E-state index in [-0.39, 0.29) is 6.04 Å². The Bertz CT molecular complexity index is 595. The fourth-order valence-corrected chi connectivity index (χ4v) is 3.32. The van der Waals surface area contributed by atoms with Crippen LogP contribution >= 0.6 is 0 Å². The number of aromatic nitrogens is 2. The second-order valence-corrected chi connectivity index (χ2v) is 6.57. The van der Waals surface area contributed by atoms with Crippen LogP contribution in [-0.2, 0) is 0 Å². The molecule has 2 aromatic rings. The van der Waals surface area contributed by atoms with Crippen molar-refractivity contribution in [2.75, 3.05) is 0 Å². The molecule has 1 N–H and O–H groups in total. The lowest BCUT2D eigenvalue weighted by Crippen LogP contribution is -2.41. The molecule has 0 radical (unpaired) electrons. The molecule has 0 saturated heterocycles. The van der Waals surface area contributed by atoms with Crippen LogP contribution in [0, 0.1) is 11.8 Å². The maximum absolute atomic E-state index is 5.85. The molecule has 3 rings (SSSR count). The van der Waals surface area contributed by atoms with E-state index in [2.05, 4.69) is 36.3 Å². The average Bonchev–Trinajstić information content (AvgIpc) is 3.03. The van der Waals surface area contributed by atoms with Crippen LogP contribution in [0.3, 0.4) is 0 Å². The van der Waals surface area contributed by atoms with Gasteiger partial charge in [-0.1, -0.05) is 44.9 Å². The van der Waals surface area contributed by atoms with Gasteiger partial charge >= 0.3 is 0 Å². The van der Waals surface area contributed by atoms with Crippen LogP contribution in [0.25, 0.3) is 11.5 Å². The summed E-state index contributed by atoms with van der Waals surface area (Å²) in [5, 5.41) is 12.1. The Labute approximate surface area is 132 Å². The summed E-state index contributed by atoms with van der Waals surface area (Å²) in [5.74, 6) is 2.73. The standard InChI is InChI=1S/C18H25N3O/c1-12-8-7-11-16(13(12)2)19-14(3)17-20-21-18(22-17)15-9-5-4-6-10-15/h4-6,9-10,12-14,16,19H,7-8,11H2,1-3H3. The lowest BCUT2D eigenvalue weighted by Gasteiger charge is -2.35. The van der Waals surface area contributed by atoms with Crippen molar-refractivity contribution < 1.29 is 4.42 Å². The van der Waals surface area contributed by atoms with Crippen LogP contribution in [0.2, 0.25) is 0 Å². The van der Waals surface area contributed by atoms with Crippen molar-refractivity contribution in [3.63, 3.8) is 0 Å². The highest BCUT2D eigenvalue weighted by Crippen LogP contribution is 2.31. The molecule has 22 heavy (non-hydrogen) atoms. The fraction of sp³-hybridized carbons (Fsp3) is 0.556. The summed E-state index contributed by atoms with van der Waals surface area (Å²) in [5.41, 5.74) is 0.966. The minimum atomic E-state index is 0.0858. The van der Waals surface area contributed by atoms with Crippen LogP contribution in [0.4, 0.5) is 0 Å². The molecule has 4 unspecified atom stereocenters. The second-order valence-electron chi connectivity index (χ2n) is 6.57. The molecular formula is C18H25N3O. The molecule has 0 amide bonds. The number of nitrogens with one attached hydrogen (secondary N) is 1. The smallest absolute Gasteiger partial charge is 0.247 e. The van der Waals surface area contributed by atoms with Crippen LogP contribution in [-0.4, -0.2) is 16.2 Å². The van der Waals surface area contributed by atoms with Crippen LogP contribution < -0.4 is 5.32 Å². The van der Waals surface area contributed by atoms with Crippen molar-refractivity contribution in [3.8, 4) is 11.5 Å². The van der Waals surface area contributed by atoms with Crippen molar-refractivity contribution in [3.05, 3.63) is 36.2 Å². The maximum atomic E-state index is 5.85. The van der Waals surface area contributed by atoms with Gasteiger partial charge in [0, 0.05) is 11.6 Å². The number of hydrogen-bond acceptors (Lipinski definition) is 4. The molecule has 4 atom stereocenters. The van der Waals surface area contributed by atoms with E-state index in [1.165, 1.54) is 19.3 Å². The van der Waals surface area contributed by atoms with Gasteiger partial charge in [0.05, 0.1) is 6.04 Å². The molecule has 1 aromatic carbocycles. The van der Waals surface area contributed by atoms with Crippen molar-refractivity contribution in [2.45, 2.75) is 52.1 Å². The van der Waals surface area contributed by atoms with Gasteiger partial charge < -0.3 is 9.73 Å². The normalized spacial score (nSPS) is 26.8. The highest BCUT2D eigenvalue weighted by molar-refractivity contribution is 5.51. The van der Waals surface area contributed by atoms with Gasteiger partial charge in [-0.25, -0.2) is 0 Å². The topological polar surface area (TPSA) is 51.0 Å². The van der Waals surface area contributed by atoms with E-state index in [0.29, 0.717) is 23.7 Å². The highest BCUT2D eigenvalue weighted by Gasteiger charge is 2.29. The number of hydrogen-bond donors (Lipinski definition) is 1. The van der Waals surface area contributed by atoms with Gasteiger partial charge in [0.2, 0.25) is 11.8 Å². The van der Waals surface area contributed by atoms with E-state index in [9.17, 15) is 0 Å². The molecule has 4 nitrogen and oxygen atoms in total. The van der Waals surface area contributed by atoms with E-state index in [0.717, 1.165) is 11.5 Å². The zero-order chi connectivity index (χ0) is 15.5. The molecule has 1 aliphatic carbocycles. The maximum Gasteiger partial charge on any atom is 0.247 e. The van der Waals surface area contributed by atoms with E-state index in [1.54, 1.807) is 0 Å². The van der Waals surface area contributed by atoms with Gasteiger partial charge in [0.1, 0.15) is 0 Å². The summed E-state index contributed by atoms with van der Waals surface area (Å²) in [6.07, 6.45) is 3.87.